The summed E-state index contributed by atoms with van der Waals surface area (Å²) in [7, 11) is -1.92. The fourth-order valence-corrected chi connectivity index (χ4v) is 5.68. The number of amides is 1. The second-order valence-electron chi connectivity index (χ2n) is 7.35. The molecule has 1 aliphatic rings. The average Bonchev–Trinajstić information content (AvgIpc) is 3.49. The van der Waals surface area contributed by atoms with E-state index in [1.165, 1.54) is 21.1 Å². The van der Waals surface area contributed by atoms with E-state index in [0.29, 0.717) is 41.1 Å². The average molecular weight is 489 g/mol. The van der Waals surface area contributed by atoms with E-state index in [0.717, 1.165) is 24.6 Å². The van der Waals surface area contributed by atoms with Crippen LogP contribution >= 0.6 is 11.8 Å². The lowest BCUT2D eigenvalue weighted by Gasteiger charge is -2.15. The first kappa shape index (κ1) is 23.1. The molecule has 0 aliphatic carbocycles. The van der Waals surface area contributed by atoms with E-state index < -0.39 is 10.0 Å². The highest BCUT2D eigenvalue weighted by Crippen LogP contribution is 2.29. The standard InChI is InChI=1S/C21H24N6O4S2/c1-31-18-7-3-2-6-17(18)20-24-25-21(27(20)22)32-14-19(28)23-15-8-10-16(11-9-15)33(29,30)26-12-4-5-13-26/h2-3,6-11H,4-5,12-14,22H2,1H3,(H,23,28). The van der Waals surface area contributed by atoms with Crippen LogP contribution in [0.3, 0.4) is 0 Å². The molecule has 174 valence electrons. The van der Waals surface area contributed by atoms with E-state index in [4.69, 9.17) is 10.6 Å². The summed E-state index contributed by atoms with van der Waals surface area (Å²) >= 11 is 1.14. The number of benzene rings is 2. The van der Waals surface area contributed by atoms with Gasteiger partial charge in [0.1, 0.15) is 5.75 Å². The molecule has 12 heteroatoms. The summed E-state index contributed by atoms with van der Waals surface area (Å²) in [6.07, 6.45) is 1.75. The van der Waals surface area contributed by atoms with Gasteiger partial charge in [0.05, 0.1) is 23.3 Å². The Morgan fingerprint density at radius 2 is 1.82 bits per heavy atom. The minimum Gasteiger partial charge on any atom is -0.496 e. The molecule has 0 atom stereocenters. The number of anilines is 1. The van der Waals surface area contributed by atoms with Crippen LogP contribution in [0.1, 0.15) is 12.8 Å². The van der Waals surface area contributed by atoms with Crippen LogP contribution < -0.4 is 15.9 Å². The van der Waals surface area contributed by atoms with Crippen molar-refractivity contribution in [1.82, 2.24) is 19.2 Å². The number of thioether (sulfide) groups is 1. The zero-order valence-corrected chi connectivity index (χ0v) is 19.6. The normalized spacial score (nSPS) is 14.3. The summed E-state index contributed by atoms with van der Waals surface area (Å²) < 4.78 is 33.3. The summed E-state index contributed by atoms with van der Waals surface area (Å²) in [6.45, 7) is 1.09. The molecule has 1 aliphatic heterocycles. The first-order valence-electron chi connectivity index (χ1n) is 10.3. The van der Waals surface area contributed by atoms with Gasteiger partial charge in [-0.25, -0.2) is 13.1 Å². The molecule has 33 heavy (non-hydrogen) atoms. The lowest BCUT2D eigenvalue weighted by molar-refractivity contribution is -0.113. The third kappa shape index (κ3) is 4.97. The Kier molecular flexibility index (Phi) is 6.86. The number of hydrogen-bond acceptors (Lipinski definition) is 8. The monoisotopic (exact) mass is 488 g/mol. The number of nitrogens with two attached hydrogens (primary N) is 1. The van der Waals surface area contributed by atoms with Gasteiger partial charge in [-0.1, -0.05) is 23.9 Å². The van der Waals surface area contributed by atoms with Gasteiger partial charge in [-0.05, 0) is 49.2 Å². The van der Waals surface area contributed by atoms with Gasteiger partial charge in [0.2, 0.25) is 21.1 Å². The van der Waals surface area contributed by atoms with Crippen molar-refractivity contribution < 1.29 is 17.9 Å². The third-order valence-corrected chi connectivity index (χ3v) is 8.04. The molecule has 1 amide bonds. The number of sulfonamides is 1. The molecule has 3 aromatic rings. The Labute approximate surface area is 196 Å². The largest absolute Gasteiger partial charge is 0.496 e. The van der Waals surface area contributed by atoms with Gasteiger partial charge in [0.25, 0.3) is 0 Å². The maximum Gasteiger partial charge on any atom is 0.243 e. The summed E-state index contributed by atoms with van der Waals surface area (Å²) in [5.41, 5.74) is 1.19. The highest BCUT2D eigenvalue weighted by Gasteiger charge is 2.27. The van der Waals surface area contributed by atoms with E-state index in [2.05, 4.69) is 15.5 Å². The van der Waals surface area contributed by atoms with E-state index in [1.807, 2.05) is 18.2 Å². The van der Waals surface area contributed by atoms with Gasteiger partial charge in [-0.2, -0.15) is 4.31 Å². The van der Waals surface area contributed by atoms with Crippen LogP contribution in [0.4, 0.5) is 5.69 Å². The van der Waals surface area contributed by atoms with Crippen molar-refractivity contribution in [3.05, 3.63) is 48.5 Å². The molecule has 10 nitrogen and oxygen atoms in total. The Balaban J connectivity index is 1.37. The minimum atomic E-state index is -3.48. The number of carbonyl (C=O) groups excluding carboxylic acids is 1. The Morgan fingerprint density at radius 1 is 1.12 bits per heavy atom. The number of nitrogens with zero attached hydrogens (tertiary/aromatic N) is 4. The predicted octanol–water partition coefficient (Wildman–Crippen LogP) is 2.18. The number of hydrogen-bond donors (Lipinski definition) is 2. The number of nitrogen functional groups attached to an aromatic ring is 1. The maximum absolute atomic E-state index is 12.6. The molecule has 0 radical (unpaired) electrons. The fraction of sp³-hybridized carbons (Fsp3) is 0.286. The third-order valence-electron chi connectivity index (χ3n) is 5.19. The van der Waals surface area contributed by atoms with Gasteiger partial charge in [0, 0.05) is 18.8 Å². The first-order valence-corrected chi connectivity index (χ1v) is 12.7. The highest BCUT2D eigenvalue weighted by atomic mass is 32.2. The Bertz CT molecular complexity index is 1240. The molecule has 0 spiro atoms. The fourth-order valence-electron chi connectivity index (χ4n) is 3.50. The van der Waals surface area contributed by atoms with Crippen LogP contribution in [0.15, 0.2) is 58.6 Å². The van der Waals surface area contributed by atoms with Crippen LogP contribution in [-0.4, -0.2) is 59.5 Å². The van der Waals surface area contributed by atoms with Crippen LogP contribution in [0, 0.1) is 0 Å². The Hall–Kier alpha value is -3.09. The van der Waals surface area contributed by atoms with Crippen molar-refractivity contribution in [2.45, 2.75) is 22.9 Å². The smallest absolute Gasteiger partial charge is 0.243 e. The van der Waals surface area contributed by atoms with Gasteiger partial charge in [-0.15, -0.1) is 10.2 Å². The minimum absolute atomic E-state index is 0.0507. The molecular weight excluding hydrogens is 464 g/mol. The molecule has 3 N–H and O–H groups in total. The van der Waals surface area contributed by atoms with Gasteiger partial charge >= 0.3 is 0 Å². The molecule has 1 fully saturated rings. The number of para-hydroxylation sites is 1. The molecule has 2 heterocycles. The van der Waals surface area contributed by atoms with Crippen LogP contribution in [0.25, 0.3) is 11.4 Å². The number of ether oxygens (including phenoxy) is 1. The van der Waals surface area contributed by atoms with Crippen molar-refractivity contribution in [3.63, 3.8) is 0 Å². The number of aromatic nitrogens is 3. The summed E-state index contributed by atoms with van der Waals surface area (Å²) in [5.74, 6) is 6.93. The van der Waals surface area contributed by atoms with Gasteiger partial charge < -0.3 is 15.9 Å². The quantitative estimate of drug-likeness (QED) is 0.364. The SMILES string of the molecule is COc1ccccc1-c1nnc(SCC(=O)Nc2ccc(S(=O)(=O)N3CCCC3)cc2)n1N. The second kappa shape index (κ2) is 9.81. The number of methoxy groups -OCH3 is 1. The molecule has 0 bridgehead atoms. The van der Waals surface area contributed by atoms with E-state index in [1.54, 1.807) is 25.3 Å². The number of rotatable bonds is 8. The first-order chi connectivity index (χ1) is 15.9. The van der Waals surface area contributed by atoms with Crippen LogP contribution in [-0.2, 0) is 14.8 Å². The van der Waals surface area contributed by atoms with Crippen molar-refractivity contribution >= 4 is 33.4 Å². The number of nitrogens with one attached hydrogen (secondary N) is 1. The zero-order valence-electron chi connectivity index (χ0n) is 18.0. The molecule has 1 aromatic heterocycles. The highest BCUT2D eigenvalue weighted by molar-refractivity contribution is 7.99. The Morgan fingerprint density at radius 3 is 2.52 bits per heavy atom. The summed E-state index contributed by atoms with van der Waals surface area (Å²) in [5, 5.41) is 11.3. The van der Waals surface area contributed by atoms with Crippen LogP contribution in [0.5, 0.6) is 5.75 Å². The van der Waals surface area contributed by atoms with E-state index in [9.17, 15) is 13.2 Å². The van der Waals surface area contributed by atoms with Crippen molar-refractivity contribution in [2.24, 2.45) is 0 Å². The molecule has 0 saturated carbocycles. The second-order valence-corrected chi connectivity index (χ2v) is 10.2. The summed E-state index contributed by atoms with van der Waals surface area (Å²) in [6, 6.07) is 13.5. The van der Waals surface area contributed by atoms with Crippen LogP contribution in [0.2, 0.25) is 0 Å². The molecule has 1 saturated heterocycles. The zero-order chi connectivity index (χ0) is 23.4. The summed E-state index contributed by atoms with van der Waals surface area (Å²) in [4.78, 5) is 12.6. The van der Waals surface area contributed by atoms with Crippen molar-refractivity contribution in [3.8, 4) is 17.1 Å². The van der Waals surface area contributed by atoms with Crippen molar-refractivity contribution in [1.29, 1.82) is 0 Å². The van der Waals surface area contributed by atoms with Gasteiger partial charge in [-0.3, -0.25) is 4.79 Å². The molecule has 4 rings (SSSR count). The van der Waals surface area contributed by atoms with Crippen molar-refractivity contribution in [2.75, 3.05) is 37.1 Å². The lowest BCUT2D eigenvalue weighted by atomic mass is 10.2. The molecule has 2 aromatic carbocycles. The van der Waals surface area contributed by atoms with E-state index in [-0.39, 0.29) is 16.6 Å². The lowest BCUT2D eigenvalue weighted by Crippen LogP contribution is -2.27. The number of carbonyl (C=O) groups is 1. The molecule has 0 unspecified atom stereocenters. The topological polar surface area (TPSA) is 132 Å². The predicted molar refractivity (Wildman–Crippen MR) is 126 cm³/mol. The van der Waals surface area contributed by atoms with Gasteiger partial charge in [0.15, 0.2) is 5.82 Å². The molecular formula is C21H24N6O4S2. The maximum atomic E-state index is 12.6. The van der Waals surface area contributed by atoms with E-state index >= 15 is 0 Å².